The Morgan fingerprint density at radius 1 is 1.11 bits per heavy atom. The number of carbonyl (C=O) groups excluding carboxylic acids is 1. The molecule has 0 saturated carbocycles. The predicted octanol–water partition coefficient (Wildman–Crippen LogP) is 3.13. The van der Waals surface area contributed by atoms with Crippen LogP contribution in [0.3, 0.4) is 0 Å². The van der Waals surface area contributed by atoms with Gasteiger partial charge in [0.25, 0.3) is 0 Å². The van der Waals surface area contributed by atoms with E-state index >= 15 is 0 Å². The molecule has 1 fully saturated rings. The monoisotopic (exact) mass is 394 g/mol. The Balaban J connectivity index is 1.68. The third-order valence-electron chi connectivity index (χ3n) is 4.46. The Morgan fingerprint density at radius 3 is 2.21 bits per heavy atom. The van der Waals surface area contributed by atoms with Gasteiger partial charge >= 0.3 is 6.18 Å². The Labute approximate surface area is 160 Å². The second-order valence-electron chi connectivity index (χ2n) is 6.59. The molecule has 1 aromatic heterocycles. The number of amides is 1. The number of morpholine rings is 1. The van der Waals surface area contributed by atoms with Gasteiger partial charge in [0, 0.05) is 13.1 Å². The summed E-state index contributed by atoms with van der Waals surface area (Å²) in [6.07, 6.45) is -4.43. The van der Waals surface area contributed by atoms with Crippen molar-refractivity contribution in [2.45, 2.75) is 26.4 Å². The molecule has 0 aliphatic carbocycles. The molecule has 6 nitrogen and oxygen atoms in total. The molecule has 0 radical (unpaired) electrons. The number of nitrogens with one attached hydrogen (secondary N) is 1. The van der Waals surface area contributed by atoms with Gasteiger partial charge in [0.15, 0.2) is 0 Å². The summed E-state index contributed by atoms with van der Waals surface area (Å²) >= 11 is 0. The van der Waals surface area contributed by atoms with E-state index in [1.807, 2.05) is 4.90 Å². The van der Waals surface area contributed by atoms with Crippen molar-refractivity contribution in [2.75, 3.05) is 36.5 Å². The van der Waals surface area contributed by atoms with Crippen molar-refractivity contribution in [3.63, 3.8) is 0 Å². The number of rotatable bonds is 4. The van der Waals surface area contributed by atoms with Crippen LogP contribution in [0, 0.1) is 13.8 Å². The van der Waals surface area contributed by atoms with Crippen LogP contribution in [-0.2, 0) is 22.1 Å². The fraction of sp³-hybridized carbons (Fsp3) is 0.421. The molecule has 3 rings (SSSR count). The number of anilines is 2. The number of ether oxygens (including phenoxy) is 1. The molecule has 28 heavy (non-hydrogen) atoms. The van der Waals surface area contributed by atoms with Crippen LogP contribution in [-0.4, -0.2) is 42.2 Å². The Morgan fingerprint density at radius 2 is 1.68 bits per heavy atom. The molecule has 2 heterocycles. The minimum atomic E-state index is -4.39. The number of aromatic nitrogens is 2. The highest BCUT2D eigenvalue weighted by atomic mass is 19.4. The summed E-state index contributed by atoms with van der Waals surface area (Å²) in [5.41, 5.74) is 1.54. The van der Waals surface area contributed by atoms with Gasteiger partial charge in [-0.2, -0.15) is 13.2 Å². The number of nitrogens with zero attached hydrogens (tertiary/aromatic N) is 3. The lowest BCUT2D eigenvalue weighted by molar-refractivity contribution is -0.137. The van der Waals surface area contributed by atoms with Crippen molar-refractivity contribution >= 4 is 17.5 Å². The van der Waals surface area contributed by atoms with Crippen LogP contribution in [0.25, 0.3) is 0 Å². The van der Waals surface area contributed by atoms with E-state index < -0.39 is 11.7 Å². The van der Waals surface area contributed by atoms with Gasteiger partial charge < -0.3 is 15.0 Å². The molecule has 1 aromatic carbocycles. The van der Waals surface area contributed by atoms with Crippen molar-refractivity contribution in [2.24, 2.45) is 0 Å². The maximum Gasteiger partial charge on any atom is 0.416 e. The van der Waals surface area contributed by atoms with Gasteiger partial charge in [-0.15, -0.1) is 0 Å². The summed E-state index contributed by atoms with van der Waals surface area (Å²) in [7, 11) is 0. The van der Waals surface area contributed by atoms with Crippen LogP contribution in [0.5, 0.6) is 0 Å². The van der Waals surface area contributed by atoms with E-state index in [0.717, 1.165) is 12.1 Å². The van der Waals surface area contributed by atoms with Crippen LogP contribution in [0.2, 0.25) is 0 Å². The minimum absolute atomic E-state index is 0.0395. The normalized spacial score (nSPS) is 14.8. The van der Waals surface area contributed by atoms with Crippen LogP contribution in [0.15, 0.2) is 24.3 Å². The molecule has 150 valence electrons. The first kappa shape index (κ1) is 20.1. The number of alkyl halides is 3. The summed E-state index contributed by atoms with van der Waals surface area (Å²) in [5, 5.41) is 2.77. The molecular formula is C19H21F3N4O2. The second kappa shape index (κ2) is 8.14. The summed E-state index contributed by atoms with van der Waals surface area (Å²) in [6.45, 7) is 6.22. The highest BCUT2D eigenvalue weighted by molar-refractivity contribution is 5.93. The SMILES string of the molecule is Cc1nc(N2CCOCC2)nc(C)c1NC(=O)Cc1ccc(C(F)(F)F)cc1. The molecule has 1 N–H and O–H groups in total. The van der Waals surface area contributed by atoms with Crippen LogP contribution in [0.4, 0.5) is 24.8 Å². The van der Waals surface area contributed by atoms with Crippen molar-refractivity contribution in [1.29, 1.82) is 0 Å². The van der Waals surface area contributed by atoms with Crippen LogP contribution >= 0.6 is 0 Å². The summed E-state index contributed by atoms with van der Waals surface area (Å²) in [4.78, 5) is 23.3. The van der Waals surface area contributed by atoms with Crippen molar-refractivity contribution in [3.05, 3.63) is 46.8 Å². The predicted molar refractivity (Wildman–Crippen MR) is 98.3 cm³/mol. The average molecular weight is 394 g/mol. The molecular weight excluding hydrogens is 373 g/mol. The Hall–Kier alpha value is -2.68. The second-order valence-corrected chi connectivity index (χ2v) is 6.59. The number of benzene rings is 1. The standard InChI is InChI=1S/C19H21F3N4O2/c1-12-17(13(2)24-18(23-12)26-7-9-28-10-8-26)25-16(27)11-14-3-5-15(6-4-14)19(20,21)22/h3-6H,7-11H2,1-2H3,(H,25,27). The van der Waals surface area contributed by atoms with Crippen molar-refractivity contribution in [3.8, 4) is 0 Å². The first-order valence-corrected chi connectivity index (χ1v) is 8.88. The molecule has 1 aliphatic heterocycles. The molecule has 0 bridgehead atoms. The van der Waals surface area contributed by atoms with Gasteiger partial charge in [0.1, 0.15) is 0 Å². The number of hydrogen-bond donors (Lipinski definition) is 1. The lowest BCUT2D eigenvalue weighted by Crippen LogP contribution is -2.37. The quantitative estimate of drug-likeness (QED) is 0.863. The van der Waals surface area contributed by atoms with E-state index in [-0.39, 0.29) is 12.3 Å². The first-order valence-electron chi connectivity index (χ1n) is 8.88. The Kier molecular flexibility index (Phi) is 5.83. The first-order chi connectivity index (χ1) is 13.2. The van der Waals surface area contributed by atoms with Gasteiger partial charge in [-0.3, -0.25) is 4.79 Å². The molecule has 1 saturated heterocycles. The smallest absolute Gasteiger partial charge is 0.378 e. The molecule has 0 unspecified atom stereocenters. The minimum Gasteiger partial charge on any atom is -0.378 e. The average Bonchev–Trinajstić information content (AvgIpc) is 2.65. The summed E-state index contributed by atoms with van der Waals surface area (Å²) in [5.74, 6) is 0.257. The van der Waals surface area contributed by atoms with Gasteiger partial charge in [-0.05, 0) is 31.5 Å². The zero-order valence-electron chi connectivity index (χ0n) is 15.6. The van der Waals surface area contributed by atoms with Gasteiger partial charge in [-0.25, -0.2) is 9.97 Å². The topological polar surface area (TPSA) is 67.3 Å². The maximum absolute atomic E-state index is 12.6. The lowest BCUT2D eigenvalue weighted by atomic mass is 10.1. The third-order valence-corrected chi connectivity index (χ3v) is 4.46. The maximum atomic E-state index is 12.6. The highest BCUT2D eigenvalue weighted by Gasteiger charge is 2.30. The lowest BCUT2D eigenvalue weighted by Gasteiger charge is -2.27. The largest absolute Gasteiger partial charge is 0.416 e. The zero-order chi connectivity index (χ0) is 20.3. The van der Waals surface area contributed by atoms with E-state index in [9.17, 15) is 18.0 Å². The molecule has 1 aliphatic rings. The zero-order valence-corrected chi connectivity index (χ0v) is 15.6. The number of halogens is 3. The fourth-order valence-corrected chi connectivity index (χ4v) is 2.96. The number of carbonyl (C=O) groups is 1. The van der Waals surface area contributed by atoms with E-state index in [1.165, 1.54) is 12.1 Å². The van der Waals surface area contributed by atoms with Crippen LogP contribution < -0.4 is 10.2 Å². The fourth-order valence-electron chi connectivity index (χ4n) is 2.96. The van der Waals surface area contributed by atoms with Crippen LogP contribution in [0.1, 0.15) is 22.5 Å². The van der Waals surface area contributed by atoms with Gasteiger partial charge in [0.05, 0.1) is 42.3 Å². The Bertz CT molecular complexity index is 824. The summed E-state index contributed by atoms with van der Waals surface area (Å²) < 4.78 is 43.2. The van der Waals surface area contributed by atoms with E-state index in [0.29, 0.717) is 54.9 Å². The summed E-state index contributed by atoms with van der Waals surface area (Å²) in [6, 6.07) is 4.55. The van der Waals surface area contributed by atoms with E-state index in [4.69, 9.17) is 4.74 Å². The van der Waals surface area contributed by atoms with Gasteiger partial charge in [0.2, 0.25) is 11.9 Å². The van der Waals surface area contributed by atoms with E-state index in [2.05, 4.69) is 15.3 Å². The van der Waals surface area contributed by atoms with Crippen molar-refractivity contribution in [1.82, 2.24) is 9.97 Å². The molecule has 2 aromatic rings. The third kappa shape index (κ3) is 4.78. The molecule has 9 heteroatoms. The molecule has 0 spiro atoms. The van der Waals surface area contributed by atoms with Crippen molar-refractivity contribution < 1.29 is 22.7 Å². The number of hydrogen-bond acceptors (Lipinski definition) is 5. The van der Waals surface area contributed by atoms with Gasteiger partial charge in [-0.1, -0.05) is 12.1 Å². The number of aryl methyl sites for hydroxylation is 2. The van der Waals surface area contributed by atoms with E-state index in [1.54, 1.807) is 13.8 Å². The molecule has 1 amide bonds. The highest BCUT2D eigenvalue weighted by Crippen LogP contribution is 2.29. The molecule has 0 atom stereocenters.